The lowest BCUT2D eigenvalue weighted by Gasteiger charge is -2.15. The lowest BCUT2D eigenvalue weighted by Crippen LogP contribution is -1.98. The molecule has 0 heterocycles. The second-order valence-electron chi connectivity index (χ2n) is 4.19. The number of carbonyl (C=O) groups excluding carboxylic acids is 1. The molecule has 0 aliphatic heterocycles. The third kappa shape index (κ3) is 4.96. The van der Waals surface area contributed by atoms with Crippen molar-refractivity contribution in [1.29, 1.82) is 0 Å². The summed E-state index contributed by atoms with van der Waals surface area (Å²) >= 11 is 0. The average molecular weight is 255 g/mol. The number of hydrogen-bond acceptors (Lipinski definition) is 1. The smallest absolute Gasteiger partial charge is 0.206 e. The van der Waals surface area contributed by atoms with Crippen LogP contribution in [0, 0.1) is 0 Å². The van der Waals surface area contributed by atoms with Gasteiger partial charge < -0.3 is 5.32 Å². The summed E-state index contributed by atoms with van der Waals surface area (Å²) in [5.74, 6) is 0.535. The van der Waals surface area contributed by atoms with E-state index in [0.29, 0.717) is 12.3 Å². The Bertz CT molecular complexity index is 414. The molecule has 0 unspecified atom stereocenters. The molecule has 0 saturated carbocycles. The SMILES string of the molecule is CCC(c1ccccc1)c1ccccc1.CNC=O. The molecule has 100 valence electrons. The van der Waals surface area contributed by atoms with Gasteiger partial charge in [0.1, 0.15) is 0 Å². The molecule has 0 spiro atoms. The summed E-state index contributed by atoms with van der Waals surface area (Å²) in [7, 11) is 1.56. The molecule has 2 aromatic rings. The maximum atomic E-state index is 9.06. The molecule has 2 aromatic carbocycles. The Labute approximate surface area is 115 Å². The van der Waals surface area contributed by atoms with Crippen molar-refractivity contribution in [3.05, 3.63) is 71.8 Å². The first-order valence-corrected chi connectivity index (χ1v) is 6.54. The summed E-state index contributed by atoms with van der Waals surface area (Å²) in [5.41, 5.74) is 2.82. The topological polar surface area (TPSA) is 29.1 Å². The van der Waals surface area contributed by atoms with Crippen LogP contribution >= 0.6 is 0 Å². The van der Waals surface area contributed by atoms with Gasteiger partial charge in [-0.3, -0.25) is 4.79 Å². The summed E-state index contributed by atoms with van der Waals surface area (Å²) in [5, 5.41) is 2.25. The van der Waals surface area contributed by atoms with Crippen molar-refractivity contribution in [3.63, 3.8) is 0 Å². The van der Waals surface area contributed by atoms with E-state index >= 15 is 0 Å². The first-order chi connectivity index (χ1) is 9.33. The molecule has 0 aromatic heterocycles. The van der Waals surface area contributed by atoms with Crippen molar-refractivity contribution in [1.82, 2.24) is 5.32 Å². The van der Waals surface area contributed by atoms with E-state index in [2.05, 4.69) is 72.9 Å². The van der Waals surface area contributed by atoms with Gasteiger partial charge in [0.15, 0.2) is 0 Å². The zero-order valence-corrected chi connectivity index (χ0v) is 11.5. The third-order valence-corrected chi connectivity index (χ3v) is 2.93. The van der Waals surface area contributed by atoms with Gasteiger partial charge in [0.2, 0.25) is 6.41 Å². The van der Waals surface area contributed by atoms with Gasteiger partial charge in [-0.05, 0) is 17.5 Å². The van der Waals surface area contributed by atoms with Gasteiger partial charge in [0.05, 0.1) is 0 Å². The summed E-state index contributed by atoms with van der Waals surface area (Å²) < 4.78 is 0. The molecule has 0 radical (unpaired) electrons. The molecular weight excluding hydrogens is 234 g/mol. The molecule has 2 nitrogen and oxygen atoms in total. The fourth-order valence-corrected chi connectivity index (χ4v) is 2.03. The molecule has 1 amide bonds. The van der Waals surface area contributed by atoms with Gasteiger partial charge in [-0.15, -0.1) is 0 Å². The summed E-state index contributed by atoms with van der Waals surface area (Å²) in [6, 6.07) is 21.4. The van der Waals surface area contributed by atoms with E-state index in [0.717, 1.165) is 6.42 Å². The summed E-state index contributed by atoms with van der Waals surface area (Å²) in [4.78, 5) is 9.06. The van der Waals surface area contributed by atoms with Gasteiger partial charge in [-0.2, -0.15) is 0 Å². The monoisotopic (exact) mass is 255 g/mol. The van der Waals surface area contributed by atoms with E-state index in [4.69, 9.17) is 4.79 Å². The van der Waals surface area contributed by atoms with Crippen LogP contribution in [0.25, 0.3) is 0 Å². The Balaban J connectivity index is 0.000000399. The minimum Gasteiger partial charge on any atom is -0.362 e. The van der Waals surface area contributed by atoms with E-state index in [1.54, 1.807) is 7.05 Å². The zero-order valence-electron chi connectivity index (χ0n) is 11.5. The highest BCUT2D eigenvalue weighted by Gasteiger charge is 2.10. The second-order valence-corrected chi connectivity index (χ2v) is 4.19. The van der Waals surface area contributed by atoms with Gasteiger partial charge in [0, 0.05) is 13.0 Å². The van der Waals surface area contributed by atoms with E-state index in [-0.39, 0.29) is 0 Å². The predicted molar refractivity (Wildman–Crippen MR) is 80.1 cm³/mol. The van der Waals surface area contributed by atoms with Crippen molar-refractivity contribution in [2.75, 3.05) is 7.05 Å². The van der Waals surface area contributed by atoms with Gasteiger partial charge in [-0.1, -0.05) is 67.6 Å². The molecule has 2 rings (SSSR count). The molecule has 0 bridgehead atoms. The number of benzene rings is 2. The van der Waals surface area contributed by atoms with Crippen LogP contribution in [0.3, 0.4) is 0 Å². The molecule has 0 fully saturated rings. The average Bonchev–Trinajstić information content (AvgIpc) is 2.50. The Morgan fingerprint density at radius 3 is 1.58 bits per heavy atom. The minimum atomic E-state index is 0.535. The predicted octanol–water partition coefficient (Wildman–Crippen LogP) is 3.59. The van der Waals surface area contributed by atoms with E-state index < -0.39 is 0 Å². The number of nitrogens with one attached hydrogen (secondary N) is 1. The van der Waals surface area contributed by atoms with E-state index in [1.807, 2.05) is 0 Å². The van der Waals surface area contributed by atoms with Crippen LogP contribution in [-0.4, -0.2) is 13.5 Å². The zero-order chi connectivity index (χ0) is 13.9. The van der Waals surface area contributed by atoms with E-state index in [1.165, 1.54) is 11.1 Å². The molecule has 1 N–H and O–H groups in total. The first-order valence-electron chi connectivity index (χ1n) is 6.54. The molecule has 0 saturated heterocycles. The largest absolute Gasteiger partial charge is 0.362 e. The molecule has 0 aliphatic rings. The van der Waals surface area contributed by atoms with Crippen molar-refractivity contribution < 1.29 is 4.79 Å². The van der Waals surface area contributed by atoms with Crippen LogP contribution in [0.1, 0.15) is 30.4 Å². The van der Waals surface area contributed by atoms with E-state index in [9.17, 15) is 0 Å². The van der Waals surface area contributed by atoms with Crippen molar-refractivity contribution in [2.45, 2.75) is 19.3 Å². The number of carbonyl (C=O) groups is 1. The van der Waals surface area contributed by atoms with Crippen LogP contribution in [0.5, 0.6) is 0 Å². The van der Waals surface area contributed by atoms with Crippen LogP contribution in [0.15, 0.2) is 60.7 Å². The molecule has 0 atom stereocenters. The van der Waals surface area contributed by atoms with Gasteiger partial charge >= 0.3 is 0 Å². The highest BCUT2D eigenvalue weighted by atomic mass is 16.1. The number of hydrogen-bond donors (Lipinski definition) is 1. The second kappa shape index (κ2) is 8.92. The minimum absolute atomic E-state index is 0.535. The van der Waals surface area contributed by atoms with Gasteiger partial charge in [-0.25, -0.2) is 0 Å². The maximum absolute atomic E-state index is 9.06. The highest BCUT2D eigenvalue weighted by molar-refractivity contribution is 5.44. The fraction of sp³-hybridized carbons (Fsp3) is 0.235. The van der Waals surface area contributed by atoms with Crippen molar-refractivity contribution in [3.8, 4) is 0 Å². The van der Waals surface area contributed by atoms with Gasteiger partial charge in [0.25, 0.3) is 0 Å². The lowest BCUT2D eigenvalue weighted by atomic mass is 9.89. The van der Waals surface area contributed by atoms with Crippen molar-refractivity contribution >= 4 is 6.41 Å². The molecule has 0 aliphatic carbocycles. The van der Waals surface area contributed by atoms with Crippen LogP contribution in [0.4, 0.5) is 0 Å². The van der Waals surface area contributed by atoms with Crippen LogP contribution in [-0.2, 0) is 4.79 Å². The molecule has 2 heteroatoms. The number of rotatable bonds is 4. The fourth-order valence-electron chi connectivity index (χ4n) is 2.03. The standard InChI is InChI=1S/C15H16.C2H5NO/c1-2-15(13-9-5-3-6-10-13)14-11-7-4-8-12-14;1-3-2-4/h3-12,15H,2H2,1H3;2H,1H3,(H,3,4). The maximum Gasteiger partial charge on any atom is 0.206 e. The Morgan fingerprint density at radius 1 is 0.947 bits per heavy atom. The summed E-state index contributed by atoms with van der Waals surface area (Å²) in [6.45, 7) is 2.24. The summed E-state index contributed by atoms with van der Waals surface area (Å²) in [6.07, 6.45) is 1.77. The molecule has 19 heavy (non-hydrogen) atoms. The normalized spacial score (nSPS) is 9.42. The lowest BCUT2D eigenvalue weighted by molar-refractivity contribution is -0.109. The Kier molecular flexibility index (Phi) is 7.03. The van der Waals surface area contributed by atoms with Crippen LogP contribution < -0.4 is 5.32 Å². The Hall–Kier alpha value is -2.09. The Morgan fingerprint density at radius 2 is 1.32 bits per heavy atom. The van der Waals surface area contributed by atoms with Crippen LogP contribution in [0.2, 0.25) is 0 Å². The third-order valence-electron chi connectivity index (χ3n) is 2.93. The first kappa shape index (κ1) is 15.0. The highest BCUT2D eigenvalue weighted by Crippen LogP contribution is 2.26. The molecular formula is C17H21NO. The van der Waals surface area contributed by atoms with Crippen molar-refractivity contribution in [2.24, 2.45) is 0 Å². The number of amides is 1. The quantitative estimate of drug-likeness (QED) is 0.831.